The molecule has 0 fully saturated rings. The fourth-order valence-electron chi connectivity index (χ4n) is 1.01. The highest BCUT2D eigenvalue weighted by Crippen LogP contribution is 2.25. The van der Waals surface area contributed by atoms with Crippen molar-refractivity contribution in [2.24, 2.45) is 0 Å². The maximum atomic E-state index is 9.42. The minimum Gasteiger partial charge on any atom is -0.506 e. The molecular formula is C9H13NO. The second kappa shape index (κ2) is 2.82. The minimum absolute atomic E-state index is 0.343. The Bertz CT molecular complexity index is 256. The molecule has 0 aliphatic rings. The fourth-order valence-corrected chi connectivity index (χ4v) is 1.01. The summed E-state index contributed by atoms with van der Waals surface area (Å²) in [5.74, 6) is 0.343. The number of hydrogen-bond donors (Lipinski definition) is 1. The lowest BCUT2D eigenvalue weighted by atomic mass is 10.2. The molecule has 0 bridgehead atoms. The van der Waals surface area contributed by atoms with Gasteiger partial charge in [-0.3, -0.25) is 0 Å². The number of phenolic OH excluding ortho intramolecular Hbond substituents is 1. The Kier molecular flexibility index (Phi) is 2.03. The van der Waals surface area contributed by atoms with E-state index in [4.69, 9.17) is 0 Å². The fraction of sp³-hybridized carbons (Fsp3) is 0.333. The summed E-state index contributed by atoms with van der Waals surface area (Å²) in [5.41, 5.74) is 1.93. The van der Waals surface area contributed by atoms with E-state index in [1.807, 2.05) is 38.1 Å². The molecule has 1 N–H and O–H groups in total. The smallest absolute Gasteiger partial charge is 0.139 e. The van der Waals surface area contributed by atoms with Crippen molar-refractivity contribution in [2.45, 2.75) is 6.92 Å². The normalized spacial score (nSPS) is 9.73. The van der Waals surface area contributed by atoms with E-state index in [0.29, 0.717) is 5.75 Å². The van der Waals surface area contributed by atoms with Gasteiger partial charge in [0.2, 0.25) is 0 Å². The molecule has 0 aliphatic heterocycles. The van der Waals surface area contributed by atoms with Crippen LogP contribution in [0.2, 0.25) is 0 Å². The van der Waals surface area contributed by atoms with Crippen LogP contribution < -0.4 is 4.90 Å². The quantitative estimate of drug-likeness (QED) is 0.661. The summed E-state index contributed by atoms with van der Waals surface area (Å²) in [6, 6.07) is 5.65. The third-order valence-electron chi connectivity index (χ3n) is 1.61. The van der Waals surface area contributed by atoms with E-state index >= 15 is 0 Å². The van der Waals surface area contributed by atoms with Crippen molar-refractivity contribution >= 4 is 5.69 Å². The first-order valence-corrected chi connectivity index (χ1v) is 3.58. The van der Waals surface area contributed by atoms with Crippen molar-refractivity contribution in [1.82, 2.24) is 0 Å². The van der Waals surface area contributed by atoms with Crippen LogP contribution in [0.4, 0.5) is 5.69 Å². The van der Waals surface area contributed by atoms with Gasteiger partial charge >= 0.3 is 0 Å². The molecule has 0 aliphatic carbocycles. The summed E-state index contributed by atoms with van der Waals surface area (Å²) in [5, 5.41) is 9.42. The average molecular weight is 151 g/mol. The lowest BCUT2D eigenvalue weighted by Gasteiger charge is -2.13. The first-order chi connectivity index (χ1) is 5.11. The van der Waals surface area contributed by atoms with E-state index in [1.54, 1.807) is 6.07 Å². The molecule has 0 saturated carbocycles. The van der Waals surface area contributed by atoms with Crippen molar-refractivity contribution in [3.05, 3.63) is 23.8 Å². The van der Waals surface area contributed by atoms with Crippen LogP contribution in [0, 0.1) is 6.92 Å². The Labute approximate surface area is 67.1 Å². The van der Waals surface area contributed by atoms with Gasteiger partial charge in [-0.15, -0.1) is 0 Å². The maximum Gasteiger partial charge on any atom is 0.139 e. The van der Waals surface area contributed by atoms with Crippen LogP contribution in [0.25, 0.3) is 0 Å². The Morgan fingerprint density at radius 3 is 2.36 bits per heavy atom. The van der Waals surface area contributed by atoms with Gasteiger partial charge in [0.1, 0.15) is 5.75 Å². The molecule has 0 radical (unpaired) electrons. The Morgan fingerprint density at radius 2 is 1.91 bits per heavy atom. The van der Waals surface area contributed by atoms with Gasteiger partial charge in [0, 0.05) is 14.1 Å². The summed E-state index contributed by atoms with van der Waals surface area (Å²) >= 11 is 0. The largest absolute Gasteiger partial charge is 0.506 e. The third kappa shape index (κ3) is 1.64. The second-order valence-electron chi connectivity index (χ2n) is 2.89. The molecule has 1 rings (SSSR count). The van der Waals surface area contributed by atoms with Gasteiger partial charge in [-0.2, -0.15) is 0 Å². The highest BCUT2D eigenvalue weighted by Gasteiger charge is 2.00. The van der Waals surface area contributed by atoms with Gasteiger partial charge in [-0.05, 0) is 24.6 Å². The number of benzene rings is 1. The molecule has 0 unspecified atom stereocenters. The summed E-state index contributed by atoms with van der Waals surface area (Å²) in [4.78, 5) is 1.88. The van der Waals surface area contributed by atoms with E-state index in [0.717, 1.165) is 11.3 Å². The van der Waals surface area contributed by atoms with E-state index in [9.17, 15) is 5.11 Å². The molecule has 2 nitrogen and oxygen atoms in total. The van der Waals surface area contributed by atoms with Crippen LogP contribution in [-0.4, -0.2) is 19.2 Å². The van der Waals surface area contributed by atoms with Crippen LogP contribution in [0.3, 0.4) is 0 Å². The van der Waals surface area contributed by atoms with Crippen LogP contribution in [0.5, 0.6) is 5.75 Å². The zero-order valence-corrected chi connectivity index (χ0v) is 7.13. The first-order valence-electron chi connectivity index (χ1n) is 3.58. The second-order valence-corrected chi connectivity index (χ2v) is 2.89. The molecule has 0 saturated heterocycles. The average Bonchev–Trinajstić information content (AvgIpc) is 1.85. The standard InChI is InChI=1S/C9H13NO/c1-7-4-5-8(10(2)3)9(11)6-7/h4-6,11H,1-3H3. The van der Waals surface area contributed by atoms with E-state index in [-0.39, 0.29) is 0 Å². The number of phenols is 1. The number of anilines is 1. The van der Waals surface area contributed by atoms with Crippen molar-refractivity contribution in [3.8, 4) is 5.75 Å². The lowest BCUT2D eigenvalue weighted by molar-refractivity contribution is 0.475. The molecule has 11 heavy (non-hydrogen) atoms. The number of aryl methyl sites for hydroxylation is 1. The van der Waals surface area contributed by atoms with Crippen LogP contribution in [0.15, 0.2) is 18.2 Å². The maximum absolute atomic E-state index is 9.42. The molecular weight excluding hydrogens is 138 g/mol. The Morgan fingerprint density at radius 1 is 1.27 bits per heavy atom. The SMILES string of the molecule is Cc1ccc(N(C)C)c(O)c1. The van der Waals surface area contributed by atoms with Crippen molar-refractivity contribution < 1.29 is 5.11 Å². The van der Waals surface area contributed by atoms with Gasteiger partial charge in [-0.1, -0.05) is 6.07 Å². The summed E-state index contributed by atoms with van der Waals surface area (Å²) in [6.45, 7) is 1.96. The van der Waals surface area contributed by atoms with Gasteiger partial charge in [0.15, 0.2) is 0 Å². The van der Waals surface area contributed by atoms with Gasteiger partial charge < -0.3 is 10.0 Å². The molecule has 0 spiro atoms. The lowest BCUT2D eigenvalue weighted by Crippen LogP contribution is -2.08. The highest BCUT2D eigenvalue weighted by atomic mass is 16.3. The van der Waals surface area contributed by atoms with E-state index in [1.165, 1.54) is 0 Å². The van der Waals surface area contributed by atoms with E-state index in [2.05, 4.69) is 0 Å². The topological polar surface area (TPSA) is 23.5 Å². The number of hydrogen-bond acceptors (Lipinski definition) is 2. The van der Waals surface area contributed by atoms with Crippen molar-refractivity contribution in [2.75, 3.05) is 19.0 Å². The molecule has 0 aromatic heterocycles. The van der Waals surface area contributed by atoms with Crippen molar-refractivity contribution in [1.29, 1.82) is 0 Å². The Balaban J connectivity index is 3.09. The van der Waals surface area contributed by atoms with Crippen molar-refractivity contribution in [3.63, 3.8) is 0 Å². The molecule has 0 heterocycles. The zero-order valence-electron chi connectivity index (χ0n) is 7.13. The number of rotatable bonds is 1. The summed E-state index contributed by atoms with van der Waals surface area (Å²) in [7, 11) is 3.81. The summed E-state index contributed by atoms with van der Waals surface area (Å²) in [6.07, 6.45) is 0. The zero-order chi connectivity index (χ0) is 8.43. The molecule has 60 valence electrons. The van der Waals surface area contributed by atoms with Gasteiger partial charge in [0.25, 0.3) is 0 Å². The van der Waals surface area contributed by atoms with E-state index < -0.39 is 0 Å². The predicted molar refractivity (Wildman–Crippen MR) is 47.2 cm³/mol. The predicted octanol–water partition coefficient (Wildman–Crippen LogP) is 1.77. The molecule has 0 atom stereocenters. The summed E-state index contributed by atoms with van der Waals surface area (Å²) < 4.78 is 0. The van der Waals surface area contributed by atoms with Gasteiger partial charge in [-0.25, -0.2) is 0 Å². The molecule has 2 heteroatoms. The first kappa shape index (κ1) is 7.92. The number of aromatic hydroxyl groups is 1. The third-order valence-corrected chi connectivity index (χ3v) is 1.61. The number of nitrogens with zero attached hydrogens (tertiary/aromatic N) is 1. The highest BCUT2D eigenvalue weighted by molar-refractivity contribution is 5.57. The monoisotopic (exact) mass is 151 g/mol. The molecule has 0 amide bonds. The minimum atomic E-state index is 0.343. The Hall–Kier alpha value is -1.18. The van der Waals surface area contributed by atoms with Crippen LogP contribution in [0.1, 0.15) is 5.56 Å². The van der Waals surface area contributed by atoms with Crippen LogP contribution >= 0.6 is 0 Å². The molecule has 1 aromatic rings. The molecule has 1 aromatic carbocycles. The van der Waals surface area contributed by atoms with Gasteiger partial charge in [0.05, 0.1) is 5.69 Å². The van der Waals surface area contributed by atoms with Crippen LogP contribution in [-0.2, 0) is 0 Å².